The molecule has 0 aliphatic carbocycles. The predicted molar refractivity (Wildman–Crippen MR) is 247 cm³/mol. The molecule has 0 saturated heterocycles. The zero-order valence-electron chi connectivity index (χ0n) is 35.7. The molecule has 0 aromatic heterocycles. The maximum atomic E-state index is 12.9. The van der Waals surface area contributed by atoms with Crippen LogP contribution in [0.2, 0.25) is 0 Å². The van der Waals surface area contributed by atoms with Crippen molar-refractivity contribution in [3.8, 4) is 23.0 Å². The highest BCUT2D eigenvalue weighted by Gasteiger charge is 2.12. The van der Waals surface area contributed by atoms with Crippen LogP contribution in [0, 0.1) is 0 Å². The third-order valence-corrected chi connectivity index (χ3v) is 9.85. The second-order valence-corrected chi connectivity index (χ2v) is 14.5. The molecule has 64 heavy (non-hydrogen) atoms. The topological polar surface area (TPSA) is 148 Å². The van der Waals surface area contributed by atoms with Gasteiger partial charge in [0.25, 0.3) is 0 Å². The molecule has 0 fully saturated rings. The van der Waals surface area contributed by atoms with Crippen LogP contribution in [0.25, 0.3) is 21.5 Å². The number of fused-ring (bicyclic) bond motifs is 2. The molecular formula is C52H48N2O10. The fourth-order valence-electron chi connectivity index (χ4n) is 6.25. The highest BCUT2D eigenvalue weighted by Crippen LogP contribution is 2.26. The van der Waals surface area contributed by atoms with Gasteiger partial charge in [-0.05, 0) is 157 Å². The number of nitrogens with zero attached hydrogens (tertiary/aromatic N) is 2. The summed E-state index contributed by atoms with van der Waals surface area (Å²) in [6, 6.07) is 36.2. The Morgan fingerprint density at radius 1 is 0.438 bits per heavy atom. The molecule has 326 valence electrons. The first-order chi connectivity index (χ1) is 31.1. The van der Waals surface area contributed by atoms with Gasteiger partial charge in [0.05, 0.1) is 49.0 Å². The van der Waals surface area contributed by atoms with Gasteiger partial charge in [0.2, 0.25) is 0 Å². The molecule has 6 aromatic carbocycles. The van der Waals surface area contributed by atoms with Crippen LogP contribution in [0.3, 0.4) is 0 Å². The molecule has 0 radical (unpaired) electrons. The van der Waals surface area contributed by atoms with E-state index >= 15 is 0 Å². The van der Waals surface area contributed by atoms with Crippen LogP contribution < -0.4 is 18.9 Å². The van der Waals surface area contributed by atoms with Crippen LogP contribution in [-0.2, 0) is 19.1 Å². The lowest BCUT2D eigenvalue weighted by Crippen LogP contribution is -2.08. The Morgan fingerprint density at radius 3 is 1.16 bits per heavy atom. The number of carbonyl (C=O) groups excluding carboxylic acids is 4. The Morgan fingerprint density at radius 2 is 0.766 bits per heavy atom. The minimum atomic E-state index is -0.484. The fourth-order valence-corrected chi connectivity index (χ4v) is 6.25. The maximum absolute atomic E-state index is 12.9. The van der Waals surface area contributed by atoms with Gasteiger partial charge in [0.15, 0.2) is 0 Å². The lowest BCUT2D eigenvalue weighted by molar-refractivity contribution is -0.138. The Bertz CT molecular complexity index is 2520. The van der Waals surface area contributed by atoms with Crippen LogP contribution >= 0.6 is 0 Å². The number of hydrogen-bond donors (Lipinski definition) is 0. The summed E-state index contributed by atoms with van der Waals surface area (Å²) in [7, 11) is 0. The number of ether oxygens (including phenoxy) is 6. The van der Waals surface area contributed by atoms with Crippen molar-refractivity contribution in [1.29, 1.82) is 0 Å². The number of hydrogen-bond acceptors (Lipinski definition) is 12. The standard InChI is InChI=1S/C52H48N2O10/c1-5-49(55)61-29-9-7-27-59-45-21-15-37(16-22-45)51(57)63-47-25-19-41-31-39(11-13-43(41)33-47)35(3)53-54-36(4)40-12-14-44-34-48(26-20-42(44)32-40)64-52(58)38-17-23-46(24-18-38)60-28-8-10-30-62-50(56)6-2/h5-6,11-26,31-34H,1-2,7-10,27-30H2,3-4H3/b53-35+,54-36+. The second kappa shape index (κ2) is 22.8. The minimum Gasteiger partial charge on any atom is -0.494 e. The van der Waals surface area contributed by atoms with E-state index in [2.05, 4.69) is 23.4 Å². The molecule has 0 aliphatic rings. The van der Waals surface area contributed by atoms with Crippen LogP contribution in [0.1, 0.15) is 71.4 Å². The summed E-state index contributed by atoms with van der Waals surface area (Å²) in [5, 5.41) is 12.8. The SMILES string of the molecule is C=CC(=O)OCCCCOc1ccc(C(=O)Oc2ccc3cc(/C(C)=N/N=C(\C)c4ccc5cc(OC(=O)c6ccc(OCCCCOC(=O)C=C)cc6)ccc5c4)ccc3c2)cc1. The lowest BCUT2D eigenvalue weighted by atomic mass is 10.0. The van der Waals surface area contributed by atoms with E-state index in [9.17, 15) is 19.2 Å². The largest absolute Gasteiger partial charge is 0.494 e. The first-order valence-corrected chi connectivity index (χ1v) is 20.7. The monoisotopic (exact) mass is 860 g/mol. The molecule has 12 nitrogen and oxygen atoms in total. The molecular weight excluding hydrogens is 813 g/mol. The van der Waals surface area contributed by atoms with E-state index in [0.717, 1.165) is 56.2 Å². The molecule has 0 heterocycles. The summed E-state index contributed by atoms with van der Waals surface area (Å²) in [5.41, 5.74) is 4.04. The van der Waals surface area contributed by atoms with Crippen LogP contribution in [0.15, 0.2) is 157 Å². The predicted octanol–water partition coefficient (Wildman–Crippen LogP) is 10.4. The highest BCUT2D eigenvalue weighted by atomic mass is 16.5. The van der Waals surface area contributed by atoms with E-state index in [-0.39, 0.29) is 0 Å². The van der Waals surface area contributed by atoms with Crippen molar-refractivity contribution in [2.24, 2.45) is 10.2 Å². The van der Waals surface area contributed by atoms with Crippen molar-refractivity contribution in [1.82, 2.24) is 0 Å². The van der Waals surface area contributed by atoms with Gasteiger partial charge < -0.3 is 28.4 Å². The summed E-state index contributed by atoms with van der Waals surface area (Å²) in [6.45, 7) is 12.0. The fraction of sp³-hybridized carbons (Fsp3) is 0.192. The van der Waals surface area contributed by atoms with Gasteiger partial charge in [0, 0.05) is 12.2 Å². The Kier molecular flexibility index (Phi) is 16.3. The Labute approximate surface area is 371 Å². The van der Waals surface area contributed by atoms with E-state index in [1.807, 2.05) is 74.5 Å². The summed E-state index contributed by atoms with van der Waals surface area (Å²) >= 11 is 0. The molecule has 0 N–H and O–H groups in total. The molecule has 0 bridgehead atoms. The van der Waals surface area contributed by atoms with Gasteiger partial charge in [-0.15, -0.1) is 0 Å². The number of rotatable bonds is 21. The highest BCUT2D eigenvalue weighted by molar-refractivity contribution is 6.05. The molecule has 0 spiro atoms. The average Bonchev–Trinajstić information content (AvgIpc) is 3.32. The Hall–Kier alpha value is -7.86. The van der Waals surface area contributed by atoms with Gasteiger partial charge >= 0.3 is 23.9 Å². The molecule has 0 amide bonds. The first kappa shape index (κ1) is 45.7. The molecule has 12 heteroatoms. The molecule has 6 rings (SSSR count). The lowest BCUT2D eigenvalue weighted by Gasteiger charge is -2.09. The van der Waals surface area contributed by atoms with Crippen molar-refractivity contribution >= 4 is 56.8 Å². The first-order valence-electron chi connectivity index (χ1n) is 20.7. The van der Waals surface area contributed by atoms with Crippen molar-refractivity contribution < 1.29 is 47.6 Å². The Balaban J connectivity index is 0.983. The van der Waals surface area contributed by atoms with Crippen LogP contribution in [0.5, 0.6) is 23.0 Å². The van der Waals surface area contributed by atoms with E-state index in [1.165, 1.54) is 0 Å². The molecule has 6 aromatic rings. The summed E-state index contributed by atoms with van der Waals surface area (Å²) < 4.78 is 32.7. The third kappa shape index (κ3) is 13.3. The smallest absolute Gasteiger partial charge is 0.343 e. The summed E-state index contributed by atoms with van der Waals surface area (Å²) in [5.74, 6) is 0.233. The van der Waals surface area contributed by atoms with E-state index in [1.54, 1.807) is 60.7 Å². The zero-order valence-corrected chi connectivity index (χ0v) is 35.7. The molecule has 0 aliphatic heterocycles. The molecule has 0 saturated carbocycles. The number of esters is 4. The number of carbonyl (C=O) groups is 4. The van der Waals surface area contributed by atoms with Crippen LogP contribution in [0.4, 0.5) is 0 Å². The number of benzene rings is 6. The van der Waals surface area contributed by atoms with Crippen molar-refractivity contribution in [3.05, 3.63) is 169 Å². The van der Waals surface area contributed by atoms with Gasteiger partial charge in [-0.1, -0.05) is 49.6 Å². The summed E-state index contributed by atoms with van der Waals surface area (Å²) in [4.78, 5) is 48.0. The van der Waals surface area contributed by atoms with Gasteiger partial charge in [-0.25, -0.2) is 19.2 Å². The minimum absolute atomic E-state index is 0.306. The van der Waals surface area contributed by atoms with Crippen molar-refractivity contribution in [3.63, 3.8) is 0 Å². The summed E-state index contributed by atoms with van der Waals surface area (Å²) in [6.07, 6.45) is 5.01. The maximum Gasteiger partial charge on any atom is 0.343 e. The average molecular weight is 861 g/mol. The third-order valence-electron chi connectivity index (χ3n) is 9.85. The number of unbranched alkanes of at least 4 members (excludes halogenated alkanes) is 2. The second-order valence-electron chi connectivity index (χ2n) is 14.5. The normalized spacial score (nSPS) is 11.4. The zero-order chi connectivity index (χ0) is 45.3. The van der Waals surface area contributed by atoms with Gasteiger partial charge in [-0.3, -0.25) is 0 Å². The van der Waals surface area contributed by atoms with Crippen molar-refractivity contribution in [2.75, 3.05) is 26.4 Å². The quantitative estimate of drug-likeness (QED) is 0.0171. The van der Waals surface area contributed by atoms with E-state index in [0.29, 0.717) is 86.2 Å². The van der Waals surface area contributed by atoms with Gasteiger partial charge in [0.1, 0.15) is 23.0 Å². The van der Waals surface area contributed by atoms with Crippen molar-refractivity contribution in [2.45, 2.75) is 39.5 Å². The van der Waals surface area contributed by atoms with E-state index in [4.69, 9.17) is 28.4 Å². The van der Waals surface area contributed by atoms with E-state index < -0.39 is 23.9 Å². The van der Waals surface area contributed by atoms with Gasteiger partial charge in [-0.2, -0.15) is 10.2 Å². The molecule has 0 atom stereocenters. The van der Waals surface area contributed by atoms with Crippen LogP contribution in [-0.4, -0.2) is 61.7 Å². The molecule has 0 unspecified atom stereocenters.